The number of sulfonamides is 1. The molecule has 7 heteroatoms. The van der Waals surface area contributed by atoms with Gasteiger partial charge in [0.2, 0.25) is 0 Å². The molecule has 3 aromatic carbocycles. The first kappa shape index (κ1) is 21.5. The molecule has 30 heavy (non-hydrogen) atoms. The quantitative estimate of drug-likeness (QED) is 0.569. The van der Waals surface area contributed by atoms with Crippen molar-refractivity contribution in [2.75, 3.05) is 4.72 Å². The van der Waals surface area contributed by atoms with Crippen molar-refractivity contribution in [3.05, 3.63) is 95.3 Å². The lowest BCUT2D eigenvalue weighted by atomic mass is 10.0. The number of aryl methyl sites for hydroxylation is 1. The lowest BCUT2D eigenvalue weighted by Crippen LogP contribution is -2.28. The summed E-state index contributed by atoms with van der Waals surface area (Å²) in [6.45, 7) is 3.97. The Labute approximate surface area is 176 Å². The summed E-state index contributed by atoms with van der Waals surface area (Å²) in [5, 5.41) is 2.96. The van der Waals surface area contributed by atoms with E-state index in [0.29, 0.717) is 6.42 Å². The molecule has 0 spiro atoms. The lowest BCUT2D eigenvalue weighted by molar-refractivity contribution is 0.0935. The summed E-state index contributed by atoms with van der Waals surface area (Å²) >= 11 is 0. The zero-order valence-corrected chi connectivity index (χ0v) is 17.5. The highest BCUT2D eigenvalue weighted by Gasteiger charge is 2.18. The fourth-order valence-electron chi connectivity index (χ4n) is 3.00. The molecular formula is C23H23FN2O3S. The van der Waals surface area contributed by atoms with E-state index in [2.05, 4.69) is 10.0 Å². The molecule has 0 heterocycles. The van der Waals surface area contributed by atoms with E-state index < -0.39 is 15.8 Å². The van der Waals surface area contributed by atoms with Crippen LogP contribution < -0.4 is 10.0 Å². The van der Waals surface area contributed by atoms with Crippen molar-refractivity contribution < 1.29 is 17.6 Å². The van der Waals surface area contributed by atoms with Crippen LogP contribution in [-0.2, 0) is 10.0 Å². The summed E-state index contributed by atoms with van der Waals surface area (Å²) < 4.78 is 40.7. The summed E-state index contributed by atoms with van der Waals surface area (Å²) in [6.07, 6.45) is 0.693. The molecule has 0 saturated heterocycles. The topological polar surface area (TPSA) is 75.3 Å². The summed E-state index contributed by atoms with van der Waals surface area (Å²) in [5.41, 5.74) is 2.59. The Hall–Kier alpha value is -3.19. The maximum absolute atomic E-state index is 13.0. The molecule has 0 aromatic heterocycles. The third-order valence-corrected chi connectivity index (χ3v) is 6.08. The van der Waals surface area contributed by atoms with Crippen LogP contribution in [0.1, 0.15) is 40.9 Å². The molecule has 0 saturated carbocycles. The Balaban J connectivity index is 1.78. The molecule has 1 atom stereocenters. The third kappa shape index (κ3) is 5.24. The van der Waals surface area contributed by atoms with Gasteiger partial charge < -0.3 is 5.32 Å². The highest BCUT2D eigenvalue weighted by Crippen LogP contribution is 2.20. The molecule has 0 unspecified atom stereocenters. The normalized spacial score (nSPS) is 12.2. The third-order valence-electron chi connectivity index (χ3n) is 4.70. The van der Waals surface area contributed by atoms with E-state index >= 15 is 0 Å². The average Bonchev–Trinajstić information content (AvgIpc) is 2.74. The second-order valence-corrected chi connectivity index (χ2v) is 8.67. The summed E-state index contributed by atoms with van der Waals surface area (Å²) in [5.74, 6) is -0.822. The van der Waals surface area contributed by atoms with Crippen molar-refractivity contribution in [2.45, 2.75) is 31.2 Å². The van der Waals surface area contributed by atoms with Gasteiger partial charge in [-0.15, -0.1) is 0 Å². The Morgan fingerprint density at radius 3 is 2.30 bits per heavy atom. The second-order valence-electron chi connectivity index (χ2n) is 6.99. The van der Waals surface area contributed by atoms with Crippen molar-refractivity contribution in [2.24, 2.45) is 0 Å². The van der Waals surface area contributed by atoms with Crippen LogP contribution in [0.25, 0.3) is 0 Å². The number of anilines is 1. The minimum absolute atomic E-state index is 0.0529. The van der Waals surface area contributed by atoms with Crippen molar-refractivity contribution in [3.63, 3.8) is 0 Å². The fraction of sp³-hybridized carbons (Fsp3) is 0.174. The number of nitrogens with one attached hydrogen (secondary N) is 2. The van der Waals surface area contributed by atoms with Gasteiger partial charge >= 0.3 is 0 Å². The molecule has 5 nitrogen and oxygen atoms in total. The highest BCUT2D eigenvalue weighted by atomic mass is 32.2. The minimum Gasteiger partial charge on any atom is -0.345 e. The predicted octanol–water partition coefficient (Wildman–Crippen LogP) is 4.82. The van der Waals surface area contributed by atoms with Gasteiger partial charge in [-0.3, -0.25) is 9.52 Å². The van der Waals surface area contributed by atoms with Crippen LogP contribution in [0.5, 0.6) is 0 Å². The summed E-state index contributed by atoms with van der Waals surface area (Å²) in [7, 11) is -3.93. The van der Waals surface area contributed by atoms with E-state index in [1.807, 2.05) is 38.1 Å². The summed E-state index contributed by atoms with van der Waals surface area (Å²) in [4.78, 5) is 12.7. The average molecular weight is 427 g/mol. The Kier molecular flexibility index (Phi) is 6.52. The maximum Gasteiger partial charge on any atom is 0.261 e. The van der Waals surface area contributed by atoms with Gasteiger partial charge in [-0.05, 0) is 61.4 Å². The van der Waals surface area contributed by atoms with Gasteiger partial charge in [-0.25, -0.2) is 12.8 Å². The van der Waals surface area contributed by atoms with Gasteiger partial charge in [0.25, 0.3) is 15.9 Å². The first-order valence-corrected chi connectivity index (χ1v) is 11.0. The molecule has 156 valence electrons. The lowest BCUT2D eigenvalue weighted by Gasteiger charge is -2.18. The molecule has 0 radical (unpaired) electrons. The maximum atomic E-state index is 13.0. The van der Waals surface area contributed by atoms with E-state index in [0.717, 1.165) is 23.3 Å². The second kappa shape index (κ2) is 9.09. The monoisotopic (exact) mass is 426 g/mol. The SMILES string of the molecule is CC[C@@H](NC(=O)c1cccc(S(=O)(=O)Nc2ccc(F)cc2)c1)c1ccc(C)cc1. The standard InChI is InChI=1S/C23H23FN2O3S/c1-3-22(17-9-7-16(2)8-10-17)25-23(27)18-5-4-6-21(15-18)30(28,29)26-20-13-11-19(24)12-14-20/h4-15,22,26H,3H2,1-2H3,(H,25,27)/t22-/m1/s1. The molecule has 0 fully saturated rings. The molecule has 3 rings (SSSR count). The van der Waals surface area contributed by atoms with Crippen molar-refractivity contribution in [3.8, 4) is 0 Å². The Morgan fingerprint density at radius 1 is 1.00 bits per heavy atom. The van der Waals surface area contributed by atoms with E-state index in [1.54, 1.807) is 6.07 Å². The minimum atomic E-state index is -3.93. The predicted molar refractivity (Wildman–Crippen MR) is 115 cm³/mol. The van der Waals surface area contributed by atoms with E-state index in [4.69, 9.17) is 0 Å². The number of carbonyl (C=O) groups excluding carboxylic acids is 1. The van der Waals surface area contributed by atoms with Gasteiger partial charge in [-0.2, -0.15) is 0 Å². The van der Waals surface area contributed by atoms with Crippen LogP contribution >= 0.6 is 0 Å². The van der Waals surface area contributed by atoms with Gasteiger partial charge in [0, 0.05) is 11.3 Å². The van der Waals surface area contributed by atoms with E-state index in [-0.39, 0.29) is 28.1 Å². The van der Waals surface area contributed by atoms with Gasteiger partial charge in [-0.1, -0.05) is 42.8 Å². The number of halogens is 1. The number of benzene rings is 3. The number of amides is 1. The molecular weight excluding hydrogens is 403 g/mol. The van der Waals surface area contributed by atoms with Crippen molar-refractivity contribution >= 4 is 21.6 Å². The van der Waals surface area contributed by atoms with Gasteiger partial charge in [0.1, 0.15) is 5.82 Å². The Bertz CT molecular complexity index is 1130. The molecule has 0 aliphatic carbocycles. The van der Waals surface area contributed by atoms with Gasteiger partial charge in [0.05, 0.1) is 10.9 Å². The number of carbonyl (C=O) groups is 1. The van der Waals surface area contributed by atoms with Crippen LogP contribution in [0.15, 0.2) is 77.7 Å². The number of hydrogen-bond acceptors (Lipinski definition) is 3. The molecule has 2 N–H and O–H groups in total. The van der Waals surface area contributed by atoms with E-state index in [9.17, 15) is 17.6 Å². The van der Waals surface area contributed by atoms with Crippen LogP contribution in [0, 0.1) is 12.7 Å². The highest BCUT2D eigenvalue weighted by molar-refractivity contribution is 7.92. The Morgan fingerprint density at radius 2 is 1.67 bits per heavy atom. The molecule has 3 aromatic rings. The molecule has 1 amide bonds. The first-order chi connectivity index (χ1) is 14.3. The van der Waals surface area contributed by atoms with Crippen LogP contribution in [0.2, 0.25) is 0 Å². The van der Waals surface area contributed by atoms with Crippen molar-refractivity contribution in [1.82, 2.24) is 5.32 Å². The largest absolute Gasteiger partial charge is 0.345 e. The summed E-state index contributed by atoms with van der Waals surface area (Å²) in [6, 6.07) is 18.5. The zero-order chi connectivity index (χ0) is 21.7. The van der Waals surface area contributed by atoms with Gasteiger partial charge in [0.15, 0.2) is 0 Å². The van der Waals surface area contributed by atoms with Crippen molar-refractivity contribution in [1.29, 1.82) is 0 Å². The molecule has 0 aliphatic rings. The zero-order valence-electron chi connectivity index (χ0n) is 16.7. The molecule has 0 aliphatic heterocycles. The fourth-order valence-corrected chi connectivity index (χ4v) is 4.10. The van der Waals surface area contributed by atoms with Crippen LogP contribution in [0.3, 0.4) is 0 Å². The van der Waals surface area contributed by atoms with Crippen LogP contribution in [-0.4, -0.2) is 14.3 Å². The van der Waals surface area contributed by atoms with Crippen LogP contribution in [0.4, 0.5) is 10.1 Å². The van der Waals surface area contributed by atoms with E-state index in [1.165, 1.54) is 30.3 Å². The molecule has 0 bridgehead atoms. The first-order valence-electron chi connectivity index (χ1n) is 9.54. The smallest absolute Gasteiger partial charge is 0.261 e. The number of hydrogen-bond donors (Lipinski definition) is 2. The number of rotatable bonds is 7.